The Hall–Kier alpha value is -3.99. The number of H-pyrrole nitrogens is 1. The normalized spacial score (nSPS) is 11.8. The lowest BCUT2D eigenvalue weighted by atomic mass is 9.87. The molecule has 148 valence electrons. The van der Waals surface area contributed by atoms with Crippen molar-refractivity contribution in [2.24, 2.45) is 0 Å². The van der Waals surface area contributed by atoms with Gasteiger partial charge in [-0.1, -0.05) is 62.0 Å². The van der Waals surface area contributed by atoms with Crippen molar-refractivity contribution in [2.45, 2.75) is 13.3 Å². The van der Waals surface area contributed by atoms with Crippen LogP contribution in [-0.4, -0.2) is 21.2 Å². The van der Waals surface area contributed by atoms with Crippen LogP contribution in [0.25, 0.3) is 22.2 Å². The first-order valence-corrected chi connectivity index (χ1v) is 9.73. The largest absolute Gasteiger partial charge is 0.423 e. The molecule has 30 heavy (non-hydrogen) atoms. The second-order valence-corrected chi connectivity index (χ2v) is 6.69. The monoisotopic (exact) mass is 395 g/mol. The smallest absolute Gasteiger partial charge is 0.335 e. The molecule has 0 atom stereocenters. The predicted molar refractivity (Wildman–Crippen MR) is 119 cm³/mol. The van der Waals surface area contributed by atoms with E-state index in [0.717, 1.165) is 39.6 Å². The van der Waals surface area contributed by atoms with Gasteiger partial charge in [0.1, 0.15) is 5.75 Å². The third kappa shape index (κ3) is 3.65. The van der Waals surface area contributed by atoms with E-state index in [0.29, 0.717) is 11.4 Å². The van der Waals surface area contributed by atoms with E-state index < -0.39 is 5.97 Å². The molecule has 2 aromatic heterocycles. The number of carbonyl (C=O) groups excluding carboxylic acids is 1. The number of allylic oxidation sites excluding steroid dienone is 1. The van der Waals surface area contributed by atoms with E-state index in [1.807, 2.05) is 42.5 Å². The molecule has 0 radical (unpaired) electrons. The quantitative estimate of drug-likeness (QED) is 0.205. The second-order valence-electron chi connectivity index (χ2n) is 6.69. The Morgan fingerprint density at radius 2 is 1.83 bits per heavy atom. The van der Waals surface area contributed by atoms with Gasteiger partial charge >= 0.3 is 5.97 Å². The summed E-state index contributed by atoms with van der Waals surface area (Å²) >= 11 is 0. The van der Waals surface area contributed by atoms with Crippen molar-refractivity contribution < 1.29 is 9.53 Å². The molecule has 0 bridgehead atoms. The minimum Gasteiger partial charge on any atom is -0.423 e. The number of para-hydroxylation sites is 1. The summed E-state index contributed by atoms with van der Waals surface area (Å²) < 4.78 is 5.59. The van der Waals surface area contributed by atoms with Crippen LogP contribution in [0.4, 0.5) is 0 Å². The van der Waals surface area contributed by atoms with Gasteiger partial charge in [0.15, 0.2) is 5.65 Å². The summed E-state index contributed by atoms with van der Waals surface area (Å²) in [4.78, 5) is 16.4. The van der Waals surface area contributed by atoms with Crippen molar-refractivity contribution in [3.8, 4) is 5.75 Å². The number of pyridine rings is 1. The number of benzene rings is 2. The molecule has 5 heteroatoms. The minimum atomic E-state index is -0.497. The maximum absolute atomic E-state index is 12.0. The standard InChI is InChI=1S/C25H21N3O2/c1-3-18(17-10-6-5-7-11-17)24(19-14-15-26-25-21(19)16-27-28-25)20-12-8-9-13-22(20)30-23(29)4-2/h4-16H,2-3H2,1H3,(H,26,27,28)/b24-18+. The Morgan fingerprint density at radius 3 is 2.60 bits per heavy atom. The molecule has 2 aromatic carbocycles. The summed E-state index contributed by atoms with van der Waals surface area (Å²) in [6.45, 7) is 5.63. The van der Waals surface area contributed by atoms with Crippen molar-refractivity contribution in [3.05, 3.63) is 102 Å². The Labute approximate surface area is 174 Å². The molecule has 0 saturated carbocycles. The zero-order valence-electron chi connectivity index (χ0n) is 16.6. The van der Waals surface area contributed by atoms with Crippen LogP contribution in [-0.2, 0) is 4.79 Å². The number of nitrogens with zero attached hydrogens (tertiary/aromatic N) is 2. The molecule has 0 spiro atoms. The Kier molecular flexibility index (Phi) is 5.52. The molecule has 1 N–H and O–H groups in total. The molecule has 0 aliphatic carbocycles. The zero-order valence-corrected chi connectivity index (χ0v) is 16.6. The molecular weight excluding hydrogens is 374 g/mol. The maximum Gasteiger partial charge on any atom is 0.335 e. The van der Waals surface area contributed by atoms with Gasteiger partial charge in [0.25, 0.3) is 0 Å². The van der Waals surface area contributed by atoms with Crippen LogP contribution in [0.3, 0.4) is 0 Å². The fourth-order valence-electron chi connectivity index (χ4n) is 3.62. The van der Waals surface area contributed by atoms with E-state index in [1.54, 1.807) is 18.5 Å². The molecule has 0 saturated heterocycles. The lowest BCUT2D eigenvalue weighted by molar-refractivity contribution is -0.128. The first-order chi connectivity index (χ1) is 14.7. The first kappa shape index (κ1) is 19.3. The number of ether oxygens (including phenoxy) is 1. The summed E-state index contributed by atoms with van der Waals surface area (Å²) in [5, 5.41) is 8.01. The van der Waals surface area contributed by atoms with Crippen LogP contribution in [0.5, 0.6) is 5.75 Å². The van der Waals surface area contributed by atoms with Gasteiger partial charge in [0, 0.05) is 23.2 Å². The van der Waals surface area contributed by atoms with Crippen molar-refractivity contribution in [1.82, 2.24) is 15.2 Å². The van der Waals surface area contributed by atoms with Crippen LogP contribution in [0, 0.1) is 0 Å². The zero-order chi connectivity index (χ0) is 20.9. The minimum absolute atomic E-state index is 0.479. The first-order valence-electron chi connectivity index (χ1n) is 9.73. The highest BCUT2D eigenvalue weighted by Crippen LogP contribution is 2.40. The van der Waals surface area contributed by atoms with Crippen LogP contribution in [0.2, 0.25) is 0 Å². The van der Waals surface area contributed by atoms with Crippen LogP contribution >= 0.6 is 0 Å². The lowest BCUT2D eigenvalue weighted by Gasteiger charge is -2.19. The van der Waals surface area contributed by atoms with Gasteiger partial charge in [-0.3, -0.25) is 5.10 Å². The van der Waals surface area contributed by atoms with E-state index in [9.17, 15) is 4.79 Å². The number of aromatic nitrogens is 3. The van der Waals surface area contributed by atoms with Gasteiger partial charge in [0.2, 0.25) is 0 Å². The van der Waals surface area contributed by atoms with Gasteiger partial charge in [-0.15, -0.1) is 0 Å². The third-order valence-electron chi connectivity index (χ3n) is 4.93. The van der Waals surface area contributed by atoms with Crippen LogP contribution in [0.1, 0.15) is 30.0 Å². The molecule has 0 aliphatic heterocycles. The predicted octanol–water partition coefficient (Wildman–Crippen LogP) is 5.42. The van der Waals surface area contributed by atoms with E-state index in [1.165, 1.54) is 6.08 Å². The number of nitrogens with one attached hydrogen (secondary N) is 1. The molecule has 0 aliphatic rings. The average molecular weight is 395 g/mol. The highest BCUT2D eigenvalue weighted by atomic mass is 16.5. The molecule has 0 amide bonds. The molecule has 0 unspecified atom stereocenters. The van der Waals surface area contributed by atoms with Gasteiger partial charge in [-0.25, -0.2) is 9.78 Å². The van der Waals surface area contributed by atoms with Gasteiger partial charge in [-0.05, 0) is 40.8 Å². The summed E-state index contributed by atoms with van der Waals surface area (Å²) in [5.41, 5.74) is 5.71. The topological polar surface area (TPSA) is 67.9 Å². The molecular formula is C25H21N3O2. The molecule has 4 aromatic rings. The molecule has 2 heterocycles. The Bertz CT molecular complexity index is 1240. The van der Waals surface area contributed by atoms with Crippen LogP contribution in [0.15, 0.2) is 85.7 Å². The van der Waals surface area contributed by atoms with Crippen LogP contribution < -0.4 is 4.74 Å². The van der Waals surface area contributed by atoms with E-state index in [4.69, 9.17) is 4.74 Å². The maximum atomic E-state index is 12.0. The van der Waals surface area contributed by atoms with Gasteiger partial charge in [0.05, 0.1) is 6.20 Å². The number of carbonyl (C=O) groups is 1. The summed E-state index contributed by atoms with van der Waals surface area (Å²) in [5.74, 6) is -0.0181. The van der Waals surface area contributed by atoms with E-state index >= 15 is 0 Å². The third-order valence-corrected chi connectivity index (χ3v) is 4.93. The second kappa shape index (κ2) is 8.57. The average Bonchev–Trinajstić information content (AvgIpc) is 3.28. The van der Waals surface area contributed by atoms with E-state index in [-0.39, 0.29) is 0 Å². The van der Waals surface area contributed by atoms with Gasteiger partial charge < -0.3 is 4.74 Å². The fraction of sp³-hybridized carbons (Fsp3) is 0.0800. The number of aromatic amines is 1. The number of hydrogen-bond donors (Lipinski definition) is 1. The van der Waals surface area contributed by atoms with Gasteiger partial charge in [-0.2, -0.15) is 5.10 Å². The molecule has 5 nitrogen and oxygen atoms in total. The Morgan fingerprint density at radius 1 is 1.07 bits per heavy atom. The number of hydrogen-bond acceptors (Lipinski definition) is 4. The highest BCUT2D eigenvalue weighted by Gasteiger charge is 2.20. The SMILES string of the molecule is C=CC(=O)Oc1ccccc1/C(=C(\CC)c1ccccc1)c1ccnc2[nH]ncc12. The van der Waals surface area contributed by atoms with Crippen molar-refractivity contribution in [1.29, 1.82) is 0 Å². The van der Waals surface area contributed by atoms with Crippen molar-refractivity contribution >= 4 is 28.1 Å². The number of rotatable bonds is 6. The number of esters is 1. The lowest BCUT2D eigenvalue weighted by Crippen LogP contribution is -2.06. The summed E-state index contributed by atoms with van der Waals surface area (Å²) in [6, 6.07) is 19.7. The number of fused-ring (bicyclic) bond motifs is 1. The fourth-order valence-corrected chi connectivity index (χ4v) is 3.62. The molecule has 4 rings (SSSR count). The molecule has 0 fully saturated rings. The summed E-state index contributed by atoms with van der Waals surface area (Å²) in [7, 11) is 0. The summed E-state index contributed by atoms with van der Waals surface area (Å²) in [6.07, 6.45) is 5.48. The Balaban J connectivity index is 2.06. The van der Waals surface area contributed by atoms with Crippen molar-refractivity contribution in [3.63, 3.8) is 0 Å². The van der Waals surface area contributed by atoms with Crippen molar-refractivity contribution in [2.75, 3.05) is 0 Å². The highest BCUT2D eigenvalue weighted by molar-refractivity contribution is 6.06. The van der Waals surface area contributed by atoms with E-state index in [2.05, 4.69) is 40.8 Å².